The van der Waals surface area contributed by atoms with Gasteiger partial charge in [-0.15, -0.1) is 0 Å². The lowest BCUT2D eigenvalue weighted by atomic mass is 9.70. The zero-order chi connectivity index (χ0) is 13.0. The summed E-state index contributed by atoms with van der Waals surface area (Å²) in [5.41, 5.74) is 6.75. The van der Waals surface area contributed by atoms with E-state index in [2.05, 4.69) is 12.1 Å². The fourth-order valence-electron chi connectivity index (χ4n) is 2.67. The summed E-state index contributed by atoms with van der Waals surface area (Å²) in [6.07, 6.45) is 2.13. The lowest BCUT2D eigenvalue weighted by molar-refractivity contribution is -0.139. The van der Waals surface area contributed by atoms with Crippen molar-refractivity contribution in [3.05, 3.63) is 35.9 Å². The van der Waals surface area contributed by atoms with Crippen molar-refractivity contribution in [3.8, 4) is 0 Å². The van der Waals surface area contributed by atoms with Crippen LogP contribution < -0.4 is 5.73 Å². The molecule has 2 rings (SSSR count). The maximum absolute atomic E-state index is 11.0. The van der Waals surface area contributed by atoms with Gasteiger partial charge in [-0.1, -0.05) is 30.3 Å². The van der Waals surface area contributed by atoms with E-state index in [1.54, 1.807) is 0 Å². The lowest BCUT2D eigenvalue weighted by Crippen LogP contribution is -2.42. The molecule has 1 aliphatic rings. The summed E-state index contributed by atoms with van der Waals surface area (Å²) in [4.78, 5) is 11.0. The molecule has 1 heterocycles. The third-order valence-corrected chi connectivity index (χ3v) is 3.76. The number of aliphatic carboxylic acids is 1. The van der Waals surface area contributed by atoms with Crippen LogP contribution in [0.25, 0.3) is 0 Å². The number of ether oxygens (including phenoxy) is 1. The predicted octanol–water partition coefficient (Wildman–Crippen LogP) is 1.54. The highest BCUT2D eigenvalue weighted by Crippen LogP contribution is 2.38. The van der Waals surface area contributed by atoms with Gasteiger partial charge in [0.05, 0.1) is 0 Å². The summed E-state index contributed by atoms with van der Waals surface area (Å²) in [5.74, 6) is -0.934. The second-order valence-electron chi connectivity index (χ2n) is 4.91. The smallest absolute Gasteiger partial charge is 0.320 e. The minimum atomic E-state index is -0.934. The van der Waals surface area contributed by atoms with E-state index in [4.69, 9.17) is 15.6 Å². The number of carbonyl (C=O) groups is 1. The van der Waals surface area contributed by atoms with Crippen LogP contribution in [-0.4, -0.2) is 30.3 Å². The first-order valence-corrected chi connectivity index (χ1v) is 6.26. The molecule has 18 heavy (non-hydrogen) atoms. The number of carboxylic acid groups (broad SMARTS) is 1. The van der Waals surface area contributed by atoms with Crippen LogP contribution in [0.4, 0.5) is 0 Å². The number of nitrogens with two attached hydrogens (primary N) is 1. The highest BCUT2D eigenvalue weighted by molar-refractivity contribution is 5.73. The minimum Gasteiger partial charge on any atom is -0.480 e. The highest BCUT2D eigenvalue weighted by Gasteiger charge is 2.37. The van der Waals surface area contributed by atoms with E-state index in [1.165, 1.54) is 5.56 Å². The van der Waals surface area contributed by atoms with E-state index in [1.807, 2.05) is 18.2 Å². The third kappa shape index (κ3) is 2.71. The molecule has 0 bridgehead atoms. The summed E-state index contributed by atoms with van der Waals surface area (Å²) in [7, 11) is 0. The van der Waals surface area contributed by atoms with Gasteiger partial charge in [-0.25, -0.2) is 0 Å². The molecular formula is C14H19NO3. The van der Waals surface area contributed by atoms with Gasteiger partial charge in [0.25, 0.3) is 0 Å². The molecule has 3 N–H and O–H groups in total. The Bertz CT molecular complexity index is 399. The number of hydrogen-bond acceptors (Lipinski definition) is 3. The second kappa shape index (κ2) is 5.50. The van der Waals surface area contributed by atoms with Gasteiger partial charge in [-0.2, -0.15) is 0 Å². The Hall–Kier alpha value is -1.39. The standard InChI is InChI=1S/C14H19NO3/c15-12(13(16)17)10-14(6-8-18-9-7-14)11-4-2-1-3-5-11/h1-5,12H,6-10,15H2,(H,16,17). The van der Waals surface area contributed by atoms with Gasteiger partial charge in [-0.05, 0) is 24.8 Å². The van der Waals surface area contributed by atoms with E-state index in [9.17, 15) is 4.79 Å². The zero-order valence-corrected chi connectivity index (χ0v) is 10.3. The molecule has 1 fully saturated rings. The molecule has 0 saturated carbocycles. The quantitative estimate of drug-likeness (QED) is 0.849. The lowest BCUT2D eigenvalue weighted by Gasteiger charge is -2.38. The monoisotopic (exact) mass is 249 g/mol. The van der Waals surface area contributed by atoms with Crippen molar-refractivity contribution < 1.29 is 14.6 Å². The largest absolute Gasteiger partial charge is 0.480 e. The van der Waals surface area contributed by atoms with Crippen LogP contribution in [0.5, 0.6) is 0 Å². The SMILES string of the molecule is NC(CC1(c2ccccc2)CCOCC1)C(=O)O. The van der Waals surface area contributed by atoms with Crippen molar-refractivity contribution in [3.63, 3.8) is 0 Å². The van der Waals surface area contributed by atoms with Crippen LogP contribution in [0.15, 0.2) is 30.3 Å². The third-order valence-electron chi connectivity index (χ3n) is 3.76. The fraction of sp³-hybridized carbons (Fsp3) is 0.500. The van der Waals surface area contributed by atoms with Gasteiger partial charge in [-0.3, -0.25) is 4.79 Å². The normalized spacial score (nSPS) is 20.3. The summed E-state index contributed by atoms with van der Waals surface area (Å²) >= 11 is 0. The molecule has 0 aromatic heterocycles. The maximum atomic E-state index is 11.0. The second-order valence-corrected chi connectivity index (χ2v) is 4.91. The summed E-state index contributed by atoms with van der Waals surface area (Å²) < 4.78 is 5.40. The van der Waals surface area contributed by atoms with Crippen LogP contribution in [-0.2, 0) is 14.9 Å². The molecule has 1 unspecified atom stereocenters. The van der Waals surface area contributed by atoms with Crippen LogP contribution in [0.2, 0.25) is 0 Å². The molecule has 1 atom stereocenters. The van der Waals surface area contributed by atoms with Crippen LogP contribution in [0.1, 0.15) is 24.8 Å². The van der Waals surface area contributed by atoms with E-state index in [0.29, 0.717) is 19.6 Å². The molecule has 4 heteroatoms. The predicted molar refractivity (Wildman–Crippen MR) is 68.4 cm³/mol. The van der Waals surface area contributed by atoms with Gasteiger partial charge < -0.3 is 15.6 Å². The van der Waals surface area contributed by atoms with Gasteiger partial charge in [0.1, 0.15) is 6.04 Å². The fourth-order valence-corrected chi connectivity index (χ4v) is 2.67. The number of rotatable bonds is 4. The first-order valence-electron chi connectivity index (χ1n) is 6.26. The summed E-state index contributed by atoms with van der Waals surface area (Å²) in [5, 5.41) is 9.02. The van der Waals surface area contributed by atoms with Crippen LogP contribution in [0.3, 0.4) is 0 Å². The molecule has 0 radical (unpaired) electrons. The Morgan fingerprint density at radius 1 is 1.33 bits per heavy atom. The Balaban J connectivity index is 2.26. The van der Waals surface area contributed by atoms with Crippen molar-refractivity contribution in [1.82, 2.24) is 0 Å². The molecule has 4 nitrogen and oxygen atoms in total. The number of carboxylic acids is 1. The Labute approximate surface area is 107 Å². The first kappa shape index (κ1) is 13.1. The van der Waals surface area contributed by atoms with Crippen LogP contribution >= 0.6 is 0 Å². The van der Waals surface area contributed by atoms with E-state index in [0.717, 1.165) is 12.8 Å². The van der Waals surface area contributed by atoms with Crippen molar-refractivity contribution in [2.24, 2.45) is 5.73 Å². The Kier molecular flexibility index (Phi) is 3.99. The minimum absolute atomic E-state index is 0.155. The molecule has 1 aliphatic heterocycles. The van der Waals surface area contributed by atoms with Crippen molar-refractivity contribution in [2.75, 3.05) is 13.2 Å². The molecule has 1 saturated heterocycles. The van der Waals surface area contributed by atoms with Gasteiger partial charge in [0.15, 0.2) is 0 Å². The number of benzene rings is 1. The van der Waals surface area contributed by atoms with E-state index in [-0.39, 0.29) is 5.41 Å². The molecule has 98 valence electrons. The van der Waals surface area contributed by atoms with Crippen LogP contribution in [0, 0.1) is 0 Å². The molecular weight excluding hydrogens is 230 g/mol. The maximum Gasteiger partial charge on any atom is 0.320 e. The Morgan fingerprint density at radius 2 is 1.94 bits per heavy atom. The molecule has 0 spiro atoms. The van der Waals surface area contributed by atoms with Crippen molar-refractivity contribution >= 4 is 5.97 Å². The molecule has 0 aliphatic carbocycles. The van der Waals surface area contributed by atoms with Crippen molar-refractivity contribution in [2.45, 2.75) is 30.7 Å². The molecule has 1 aromatic rings. The van der Waals surface area contributed by atoms with Gasteiger partial charge in [0.2, 0.25) is 0 Å². The summed E-state index contributed by atoms with van der Waals surface area (Å²) in [6, 6.07) is 9.23. The number of hydrogen-bond donors (Lipinski definition) is 2. The molecule has 1 aromatic carbocycles. The zero-order valence-electron chi connectivity index (χ0n) is 10.3. The molecule has 0 amide bonds. The summed E-state index contributed by atoms with van der Waals surface area (Å²) in [6.45, 7) is 1.34. The Morgan fingerprint density at radius 3 is 2.50 bits per heavy atom. The average Bonchev–Trinajstić information content (AvgIpc) is 2.40. The first-order chi connectivity index (χ1) is 8.64. The van der Waals surface area contributed by atoms with Gasteiger partial charge >= 0.3 is 5.97 Å². The average molecular weight is 249 g/mol. The van der Waals surface area contributed by atoms with Crippen molar-refractivity contribution in [1.29, 1.82) is 0 Å². The highest BCUT2D eigenvalue weighted by atomic mass is 16.5. The topological polar surface area (TPSA) is 72.5 Å². The van der Waals surface area contributed by atoms with Gasteiger partial charge in [0, 0.05) is 18.6 Å². The van der Waals surface area contributed by atoms with E-state index >= 15 is 0 Å². The van der Waals surface area contributed by atoms with E-state index < -0.39 is 12.0 Å².